The first kappa shape index (κ1) is 21.1. The molecule has 0 amide bonds. The van der Waals surface area contributed by atoms with E-state index in [0.717, 1.165) is 31.1 Å². The van der Waals surface area contributed by atoms with Crippen LogP contribution in [-0.4, -0.2) is 39.8 Å². The van der Waals surface area contributed by atoms with Crippen molar-refractivity contribution in [1.82, 2.24) is 10.6 Å². The summed E-state index contributed by atoms with van der Waals surface area (Å²) in [6.07, 6.45) is 0.929. The molecule has 1 aromatic carbocycles. The van der Waals surface area contributed by atoms with E-state index in [9.17, 15) is 4.39 Å². The number of ether oxygens (including phenoxy) is 1. The van der Waals surface area contributed by atoms with Gasteiger partial charge >= 0.3 is 0 Å². The fourth-order valence-corrected chi connectivity index (χ4v) is 1.95. The van der Waals surface area contributed by atoms with Gasteiger partial charge in [-0.25, -0.2) is 4.39 Å². The SMILES string of the molecule is CN=C(NCCCOC)NCC(C)(C)c1ccc(F)cc1.I. The van der Waals surface area contributed by atoms with Gasteiger partial charge in [-0.1, -0.05) is 26.0 Å². The zero-order valence-corrected chi connectivity index (χ0v) is 16.1. The van der Waals surface area contributed by atoms with Gasteiger partial charge in [-0.05, 0) is 24.1 Å². The van der Waals surface area contributed by atoms with Crippen molar-refractivity contribution in [2.75, 3.05) is 33.9 Å². The number of methoxy groups -OCH3 is 1. The van der Waals surface area contributed by atoms with Crippen molar-refractivity contribution in [2.45, 2.75) is 25.7 Å². The summed E-state index contributed by atoms with van der Waals surface area (Å²) in [5.41, 5.74) is 0.976. The maximum atomic E-state index is 13.0. The number of rotatable bonds is 7. The van der Waals surface area contributed by atoms with Gasteiger partial charge in [-0.15, -0.1) is 24.0 Å². The number of guanidine groups is 1. The number of nitrogens with zero attached hydrogens (tertiary/aromatic N) is 1. The lowest BCUT2D eigenvalue weighted by molar-refractivity contribution is 0.195. The fourth-order valence-electron chi connectivity index (χ4n) is 1.95. The average molecular weight is 423 g/mol. The van der Waals surface area contributed by atoms with Crippen LogP contribution in [0.4, 0.5) is 4.39 Å². The molecule has 0 unspecified atom stereocenters. The minimum Gasteiger partial charge on any atom is -0.385 e. The number of nitrogens with one attached hydrogen (secondary N) is 2. The quantitative estimate of drug-likeness (QED) is 0.307. The Balaban J connectivity index is 0.00000441. The summed E-state index contributed by atoms with van der Waals surface area (Å²) in [6, 6.07) is 6.64. The second-order valence-corrected chi connectivity index (χ2v) is 5.59. The highest BCUT2D eigenvalue weighted by Crippen LogP contribution is 2.22. The lowest BCUT2D eigenvalue weighted by Gasteiger charge is -2.26. The van der Waals surface area contributed by atoms with E-state index in [2.05, 4.69) is 29.5 Å². The number of hydrogen-bond donors (Lipinski definition) is 2. The van der Waals surface area contributed by atoms with Gasteiger partial charge in [0.05, 0.1) is 0 Å². The summed E-state index contributed by atoms with van der Waals surface area (Å²) in [7, 11) is 3.44. The normalized spacial score (nSPS) is 11.8. The number of aliphatic imine (C=N–C) groups is 1. The van der Waals surface area contributed by atoms with Crippen LogP contribution in [0.1, 0.15) is 25.8 Å². The summed E-state index contributed by atoms with van der Waals surface area (Å²) >= 11 is 0. The molecule has 0 radical (unpaired) electrons. The first-order valence-electron chi connectivity index (χ1n) is 7.19. The maximum Gasteiger partial charge on any atom is 0.191 e. The largest absolute Gasteiger partial charge is 0.385 e. The molecule has 2 N–H and O–H groups in total. The Hall–Kier alpha value is -0.890. The molecule has 126 valence electrons. The Morgan fingerprint density at radius 1 is 1.23 bits per heavy atom. The molecule has 22 heavy (non-hydrogen) atoms. The molecule has 0 saturated heterocycles. The van der Waals surface area contributed by atoms with Gasteiger partial charge in [-0.2, -0.15) is 0 Å². The Morgan fingerprint density at radius 3 is 2.41 bits per heavy atom. The van der Waals surface area contributed by atoms with E-state index < -0.39 is 0 Å². The Kier molecular flexibility index (Phi) is 10.3. The van der Waals surface area contributed by atoms with Crippen molar-refractivity contribution >= 4 is 29.9 Å². The number of halogens is 2. The molecular weight excluding hydrogens is 396 g/mol. The van der Waals surface area contributed by atoms with Crippen LogP contribution in [0.2, 0.25) is 0 Å². The minimum absolute atomic E-state index is 0. The summed E-state index contributed by atoms with van der Waals surface area (Å²) in [4.78, 5) is 4.19. The monoisotopic (exact) mass is 423 g/mol. The van der Waals surface area contributed by atoms with Crippen LogP contribution in [0.5, 0.6) is 0 Å². The van der Waals surface area contributed by atoms with Gasteiger partial charge in [-0.3, -0.25) is 4.99 Å². The lowest BCUT2D eigenvalue weighted by Crippen LogP contribution is -2.43. The van der Waals surface area contributed by atoms with Crippen LogP contribution in [0.3, 0.4) is 0 Å². The van der Waals surface area contributed by atoms with Gasteiger partial charge in [0.2, 0.25) is 0 Å². The standard InChI is InChI=1S/C16H26FN3O.HI/c1-16(2,13-6-8-14(17)9-7-13)12-20-15(18-3)19-10-5-11-21-4;/h6-9H,5,10-12H2,1-4H3,(H2,18,19,20);1H. The zero-order valence-electron chi connectivity index (χ0n) is 13.8. The molecule has 1 rings (SSSR count). The summed E-state index contributed by atoms with van der Waals surface area (Å²) in [5.74, 6) is 0.555. The molecule has 0 aliphatic rings. The summed E-state index contributed by atoms with van der Waals surface area (Å²) in [6.45, 7) is 6.48. The third-order valence-electron chi connectivity index (χ3n) is 3.36. The molecule has 6 heteroatoms. The maximum absolute atomic E-state index is 13.0. The third kappa shape index (κ3) is 7.40. The van der Waals surface area contributed by atoms with Crippen LogP contribution in [0, 0.1) is 5.82 Å². The van der Waals surface area contributed by atoms with Crippen molar-refractivity contribution < 1.29 is 9.13 Å². The molecule has 0 aliphatic carbocycles. The van der Waals surface area contributed by atoms with Crippen LogP contribution < -0.4 is 10.6 Å². The molecule has 0 saturated carbocycles. The summed E-state index contributed by atoms with van der Waals surface area (Å²) in [5, 5.41) is 6.54. The minimum atomic E-state index is -0.210. The van der Waals surface area contributed by atoms with Crippen LogP contribution in [-0.2, 0) is 10.2 Å². The van der Waals surface area contributed by atoms with Crippen LogP contribution >= 0.6 is 24.0 Å². The molecule has 0 aromatic heterocycles. The van der Waals surface area contributed by atoms with E-state index in [1.54, 1.807) is 14.2 Å². The predicted molar refractivity (Wildman–Crippen MR) is 101 cm³/mol. The van der Waals surface area contributed by atoms with E-state index in [1.807, 2.05) is 12.1 Å². The average Bonchev–Trinajstić information content (AvgIpc) is 2.47. The second-order valence-electron chi connectivity index (χ2n) is 5.59. The van der Waals surface area contributed by atoms with Crippen molar-refractivity contribution in [2.24, 2.45) is 4.99 Å². The van der Waals surface area contributed by atoms with Crippen LogP contribution in [0.25, 0.3) is 0 Å². The number of benzene rings is 1. The smallest absolute Gasteiger partial charge is 0.191 e. The molecule has 0 bridgehead atoms. The van der Waals surface area contributed by atoms with E-state index >= 15 is 0 Å². The van der Waals surface area contributed by atoms with E-state index in [4.69, 9.17) is 4.74 Å². The molecule has 1 aromatic rings. The Labute approximate surface area is 149 Å². The molecule has 0 aliphatic heterocycles. The van der Waals surface area contributed by atoms with Gasteiger partial charge < -0.3 is 15.4 Å². The van der Waals surface area contributed by atoms with Crippen molar-refractivity contribution in [3.05, 3.63) is 35.6 Å². The second kappa shape index (κ2) is 10.8. The highest BCUT2D eigenvalue weighted by molar-refractivity contribution is 14.0. The van der Waals surface area contributed by atoms with E-state index in [1.165, 1.54) is 12.1 Å². The zero-order chi connectivity index (χ0) is 15.7. The van der Waals surface area contributed by atoms with Crippen molar-refractivity contribution in [3.63, 3.8) is 0 Å². The number of hydrogen-bond acceptors (Lipinski definition) is 2. The lowest BCUT2D eigenvalue weighted by atomic mass is 9.84. The highest BCUT2D eigenvalue weighted by Gasteiger charge is 2.20. The van der Waals surface area contributed by atoms with Gasteiger partial charge in [0.25, 0.3) is 0 Å². The van der Waals surface area contributed by atoms with Crippen molar-refractivity contribution in [3.8, 4) is 0 Å². The Morgan fingerprint density at radius 2 is 1.86 bits per heavy atom. The third-order valence-corrected chi connectivity index (χ3v) is 3.36. The van der Waals surface area contributed by atoms with Gasteiger partial charge in [0, 0.05) is 39.3 Å². The van der Waals surface area contributed by atoms with Crippen LogP contribution in [0.15, 0.2) is 29.3 Å². The van der Waals surface area contributed by atoms with Gasteiger partial charge in [0.1, 0.15) is 5.82 Å². The molecule has 0 fully saturated rings. The molecule has 0 spiro atoms. The highest BCUT2D eigenvalue weighted by atomic mass is 127. The van der Waals surface area contributed by atoms with E-state index in [0.29, 0.717) is 6.54 Å². The molecule has 4 nitrogen and oxygen atoms in total. The molecule has 0 atom stereocenters. The Bertz CT molecular complexity index is 449. The first-order valence-corrected chi connectivity index (χ1v) is 7.19. The van der Waals surface area contributed by atoms with E-state index in [-0.39, 0.29) is 35.2 Å². The predicted octanol–water partition coefficient (Wildman–Crippen LogP) is 2.92. The molecule has 0 heterocycles. The molecular formula is C16H27FIN3O. The summed E-state index contributed by atoms with van der Waals surface area (Å²) < 4.78 is 18.0. The first-order chi connectivity index (χ1) is 9.99. The van der Waals surface area contributed by atoms with Crippen molar-refractivity contribution in [1.29, 1.82) is 0 Å². The topological polar surface area (TPSA) is 45.7 Å². The van der Waals surface area contributed by atoms with Gasteiger partial charge in [0.15, 0.2) is 5.96 Å². The fraction of sp³-hybridized carbons (Fsp3) is 0.562.